The van der Waals surface area contributed by atoms with Crippen molar-refractivity contribution < 1.29 is 88.3 Å². The van der Waals surface area contributed by atoms with Crippen LogP contribution in [0.25, 0.3) is 0 Å². The molecule has 0 aliphatic carbocycles. The third-order valence-corrected chi connectivity index (χ3v) is 16.8. The third-order valence-electron chi connectivity index (χ3n) is 16.8. The first-order valence-electron chi connectivity index (χ1n) is 26.8. The van der Waals surface area contributed by atoms with Gasteiger partial charge in [-0.2, -0.15) is 0 Å². The average molecular weight is 1040 g/mol. The number of hydrogen-bond acceptors (Lipinski definition) is 18. The van der Waals surface area contributed by atoms with E-state index in [1.807, 2.05) is 27.7 Å². The normalized spacial score (nSPS) is 44.0. The van der Waals surface area contributed by atoms with Gasteiger partial charge in [0.2, 0.25) is 0 Å². The van der Waals surface area contributed by atoms with E-state index in [0.717, 1.165) is 0 Å². The Bertz CT molecular complexity index is 1890. The Morgan fingerprint density at radius 3 is 1.45 bits per heavy atom. The van der Waals surface area contributed by atoms with E-state index < -0.39 is 157 Å². The summed E-state index contributed by atoms with van der Waals surface area (Å²) in [5.41, 5.74) is 0.235. The van der Waals surface area contributed by atoms with Crippen molar-refractivity contribution in [3.8, 4) is 0 Å². The van der Waals surface area contributed by atoms with Gasteiger partial charge in [0, 0.05) is 84.7 Å². The molecular formula is C55H90O18. The zero-order valence-corrected chi connectivity index (χ0v) is 45.3. The molecule has 418 valence electrons. The van der Waals surface area contributed by atoms with Crippen LogP contribution in [0.3, 0.4) is 0 Å². The number of carbonyl (C=O) groups is 2. The Morgan fingerprint density at radius 2 is 1.04 bits per heavy atom. The van der Waals surface area contributed by atoms with E-state index in [0.29, 0.717) is 12.8 Å². The molecule has 26 atom stereocenters. The average Bonchev–Trinajstić information content (AvgIpc) is 3.32. The minimum atomic E-state index is -1.88. The maximum atomic E-state index is 13.9. The molecule has 4 saturated heterocycles. The third kappa shape index (κ3) is 14.7. The number of hydrogen-bond donors (Lipinski definition) is 8. The quantitative estimate of drug-likeness (QED) is 0.111. The minimum Gasteiger partial charge on any atom is -0.458 e. The van der Waals surface area contributed by atoms with Gasteiger partial charge in [-0.15, -0.1) is 0 Å². The lowest BCUT2D eigenvalue weighted by atomic mass is 9.76. The van der Waals surface area contributed by atoms with Crippen LogP contribution in [0.1, 0.15) is 129 Å². The minimum absolute atomic E-state index is 0.0271. The molecule has 4 fully saturated rings. The topological polar surface area (TPSA) is 270 Å². The lowest BCUT2D eigenvalue weighted by Crippen LogP contribution is -2.59. The SMILES string of the molecule is CCC1C(C)OC(O)(C(C)C(O)C(C)C2OC(=O)C=CC=CC(C)C(C(C)C(O)C(C)C3(O)CC(OC4CC(O)C(O)C(C)O4)C(CC)C(C)O3)OC(=O)C(C)=CC=CC2C)CC1OC1CC(O)C(O)C(C)O1. The maximum Gasteiger partial charge on any atom is 0.334 e. The molecule has 26 unspecified atom stereocenters. The van der Waals surface area contributed by atoms with E-state index >= 15 is 0 Å². The summed E-state index contributed by atoms with van der Waals surface area (Å²) in [6.45, 7) is 22.9. The number of carbonyl (C=O) groups excluding carboxylic acids is 2. The molecular weight excluding hydrogens is 949 g/mol. The van der Waals surface area contributed by atoms with Gasteiger partial charge < -0.3 is 78.7 Å². The predicted octanol–water partition coefficient (Wildman–Crippen LogP) is 4.51. The van der Waals surface area contributed by atoms with Crippen molar-refractivity contribution in [1.29, 1.82) is 0 Å². The van der Waals surface area contributed by atoms with Gasteiger partial charge in [-0.3, -0.25) is 0 Å². The van der Waals surface area contributed by atoms with Gasteiger partial charge in [-0.05, 0) is 47.5 Å². The highest BCUT2D eigenvalue weighted by Crippen LogP contribution is 2.45. The molecule has 0 aromatic rings. The summed E-state index contributed by atoms with van der Waals surface area (Å²) in [6.07, 6.45) is -1.42. The van der Waals surface area contributed by atoms with Crippen molar-refractivity contribution >= 4 is 11.9 Å². The van der Waals surface area contributed by atoms with Crippen LogP contribution in [0.4, 0.5) is 0 Å². The molecule has 0 bridgehead atoms. The summed E-state index contributed by atoms with van der Waals surface area (Å²) in [5.74, 6) is -9.83. The smallest absolute Gasteiger partial charge is 0.334 e. The lowest BCUT2D eigenvalue weighted by Gasteiger charge is -2.50. The summed E-state index contributed by atoms with van der Waals surface area (Å²) in [4.78, 5) is 27.4. The van der Waals surface area contributed by atoms with E-state index in [4.69, 9.17) is 37.9 Å². The van der Waals surface area contributed by atoms with E-state index in [-0.39, 0.29) is 43.1 Å². The Labute approximate surface area is 432 Å². The molecule has 5 aliphatic heterocycles. The number of cyclic esters (lactones) is 2. The number of ether oxygens (including phenoxy) is 8. The Kier molecular flexibility index (Phi) is 21.9. The van der Waals surface area contributed by atoms with Gasteiger partial charge in [0.05, 0.1) is 61.0 Å². The molecule has 5 rings (SSSR count). The van der Waals surface area contributed by atoms with Crippen molar-refractivity contribution in [2.75, 3.05) is 0 Å². The molecule has 0 aromatic carbocycles. The first kappa shape index (κ1) is 61.2. The lowest BCUT2D eigenvalue weighted by molar-refractivity contribution is -0.345. The molecule has 5 heterocycles. The van der Waals surface area contributed by atoms with Crippen molar-refractivity contribution in [3.05, 3.63) is 48.1 Å². The fourth-order valence-electron chi connectivity index (χ4n) is 11.7. The zero-order valence-electron chi connectivity index (χ0n) is 45.3. The van der Waals surface area contributed by atoms with Crippen molar-refractivity contribution in [2.45, 2.75) is 238 Å². The van der Waals surface area contributed by atoms with Crippen LogP contribution >= 0.6 is 0 Å². The fraction of sp³-hybridized carbons (Fsp3) is 0.818. The summed E-state index contributed by atoms with van der Waals surface area (Å²) < 4.78 is 49.3. The second-order valence-corrected chi connectivity index (χ2v) is 22.1. The largest absolute Gasteiger partial charge is 0.458 e. The molecule has 0 amide bonds. The molecule has 73 heavy (non-hydrogen) atoms. The van der Waals surface area contributed by atoms with E-state index in [2.05, 4.69) is 0 Å². The summed E-state index contributed by atoms with van der Waals surface area (Å²) >= 11 is 0. The van der Waals surface area contributed by atoms with E-state index in [1.54, 1.807) is 92.7 Å². The van der Waals surface area contributed by atoms with Gasteiger partial charge in [0.1, 0.15) is 24.4 Å². The van der Waals surface area contributed by atoms with Crippen molar-refractivity contribution in [3.63, 3.8) is 0 Å². The standard InChI is InChI=1S/C55H90O18/c1-14-38-34(10)72-54(64,25-42(38)68-45-23-40(56)49(61)36(12)66-45)32(8)47(59)30(6)51-28(4)20-18-21-29(5)53(63)71-52(27(3)19-16-17-22-44(58)70-51)31(7)48(60)33(9)55(65)26-43(39(15-2)35(11)73-55)69-46-24-41(57)50(62)37(13)67-46/h16-22,27-28,30-43,45-52,56-57,59-62,64-65H,14-15,23-26H2,1-13H3. The highest BCUT2D eigenvalue weighted by Gasteiger charge is 2.54. The maximum absolute atomic E-state index is 13.9. The molecule has 0 saturated carbocycles. The number of esters is 2. The Balaban J connectivity index is 1.31. The highest BCUT2D eigenvalue weighted by atomic mass is 16.7. The van der Waals surface area contributed by atoms with E-state index in [9.17, 15) is 50.4 Å². The van der Waals surface area contributed by atoms with Gasteiger partial charge in [0.25, 0.3) is 0 Å². The van der Waals surface area contributed by atoms with Crippen LogP contribution in [-0.4, -0.2) is 162 Å². The first-order valence-corrected chi connectivity index (χ1v) is 26.8. The van der Waals surface area contributed by atoms with Crippen LogP contribution in [0.5, 0.6) is 0 Å². The molecule has 0 radical (unpaired) electrons. The van der Waals surface area contributed by atoms with Crippen LogP contribution in [0, 0.1) is 47.3 Å². The van der Waals surface area contributed by atoms with Crippen molar-refractivity contribution in [2.24, 2.45) is 47.3 Å². The fourth-order valence-corrected chi connectivity index (χ4v) is 11.7. The zero-order chi connectivity index (χ0) is 54.4. The Hall–Kier alpha value is -2.66. The molecule has 0 aromatic heterocycles. The molecule has 5 aliphatic rings. The molecule has 18 heteroatoms. The van der Waals surface area contributed by atoms with Crippen LogP contribution in [-0.2, 0) is 47.5 Å². The molecule has 18 nitrogen and oxygen atoms in total. The second kappa shape index (κ2) is 26.1. The first-order chi connectivity index (χ1) is 34.2. The monoisotopic (exact) mass is 1040 g/mol. The summed E-state index contributed by atoms with van der Waals surface area (Å²) in [6, 6.07) is 0. The van der Waals surface area contributed by atoms with Crippen LogP contribution in [0.2, 0.25) is 0 Å². The number of allylic oxidation sites excluding steroid dienone is 4. The summed E-state index contributed by atoms with van der Waals surface area (Å²) in [5, 5.41) is 89.8. The summed E-state index contributed by atoms with van der Waals surface area (Å²) in [7, 11) is 0. The molecule has 0 spiro atoms. The van der Waals surface area contributed by atoms with Gasteiger partial charge in [-0.1, -0.05) is 91.8 Å². The van der Waals surface area contributed by atoms with Crippen LogP contribution in [0.15, 0.2) is 48.1 Å². The predicted molar refractivity (Wildman–Crippen MR) is 267 cm³/mol. The molecule has 8 N–H and O–H groups in total. The van der Waals surface area contributed by atoms with Crippen LogP contribution < -0.4 is 0 Å². The van der Waals surface area contributed by atoms with Gasteiger partial charge >= 0.3 is 11.9 Å². The van der Waals surface area contributed by atoms with Gasteiger partial charge in [0.15, 0.2) is 24.2 Å². The van der Waals surface area contributed by atoms with Gasteiger partial charge in [-0.25, -0.2) is 9.59 Å². The number of aliphatic hydroxyl groups excluding tert-OH is 6. The second-order valence-electron chi connectivity index (χ2n) is 22.1. The Morgan fingerprint density at radius 1 is 0.630 bits per heavy atom. The number of rotatable bonds is 14. The number of aliphatic hydroxyl groups is 8. The van der Waals surface area contributed by atoms with Crippen molar-refractivity contribution in [1.82, 2.24) is 0 Å². The highest BCUT2D eigenvalue weighted by molar-refractivity contribution is 5.88. The van der Waals surface area contributed by atoms with E-state index in [1.165, 1.54) is 12.2 Å².